The third-order valence-electron chi connectivity index (χ3n) is 4.54. The zero-order valence-electron chi connectivity index (χ0n) is 14.4. The maximum atomic E-state index is 13.0. The number of aryl methyl sites for hydroxylation is 1. The van der Waals surface area contributed by atoms with Crippen LogP contribution in [-0.2, 0) is 0 Å². The molecule has 1 aliphatic rings. The van der Waals surface area contributed by atoms with Gasteiger partial charge in [-0.05, 0) is 42.8 Å². The molecule has 0 radical (unpaired) electrons. The monoisotopic (exact) mass is 370 g/mol. The molecule has 1 aliphatic heterocycles. The van der Waals surface area contributed by atoms with Crippen molar-refractivity contribution >= 4 is 38.4 Å². The predicted molar refractivity (Wildman–Crippen MR) is 104 cm³/mol. The van der Waals surface area contributed by atoms with E-state index in [0.717, 1.165) is 23.7 Å². The lowest BCUT2D eigenvalue weighted by Crippen LogP contribution is -2.50. The van der Waals surface area contributed by atoms with Crippen LogP contribution < -0.4 is 10.2 Å². The van der Waals surface area contributed by atoms with Crippen LogP contribution in [0.25, 0.3) is 10.2 Å². The molecule has 3 aromatic rings. The van der Waals surface area contributed by atoms with Gasteiger partial charge in [-0.2, -0.15) is 0 Å². The summed E-state index contributed by atoms with van der Waals surface area (Å²) in [5, 5.41) is 3.82. The summed E-state index contributed by atoms with van der Waals surface area (Å²) in [4.78, 5) is 21.1. The van der Waals surface area contributed by atoms with E-state index in [2.05, 4.69) is 35.3 Å². The number of hydrogen-bond donors (Lipinski definition) is 1. The number of nitrogens with zero attached hydrogens (tertiary/aromatic N) is 3. The number of carbonyl (C=O) groups is 1. The Morgan fingerprint density at radius 1 is 1.12 bits per heavy atom. The number of nitrogens with one attached hydrogen (secondary N) is 1. The zero-order chi connectivity index (χ0) is 18.1. The number of benzene rings is 2. The van der Waals surface area contributed by atoms with Gasteiger partial charge < -0.3 is 15.1 Å². The Morgan fingerprint density at radius 3 is 2.54 bits per heavy atom. The van der Waals surface area contributed by atoms with E-state index >= 15 is 0 Å². The quantitative estimate of drug-likeness (QED) is 0.739. The summed E-state index contributed by atoms with van der Waals surface area (Å²) in [5.74, 6) is -0.317. The predicted octanol–water partition coefficient (Wildman–Crippen LogP) is 4.10. The fraction of sp³-hybridized carbons (Fsp3) is 0.263. The van der Waals surface area contributed by atoms with Gasteiger partial charge in [0.1, 0.15) is 5.82 Å². The van der Waals surface area contributed by atoms with Crippen LogP contribution in [0.15, 0.2) is 42.5 Å². The summed E-state index contributed by atoms with van der Waals surface area (Å²) in [6, 6.07) is 11.9. The van der Waals surface area contributed by atoms with E-state index in [1.807, 2.05) is 0 Å². The van der Waals surface area contributed by atoms with Crippen molar-refractivity contribution in [3.63, 3.8) is 0 Å². The van der Waals surface area contributed by atoms with Crippen LogP contribution in [0.5, 0.6) is 0 Å². The summed E-state index contributed by atoms with van der Waals surface area (Å²) >= 11 is 1.69. The molecular formula is C19H19FN4OS. The van der Waals surface area contributed by atoms with Crippen LogP contribution in [0, 0.1) is 12.7 Å². The third kappa shape index (κ3) is 3.35. The van der Waals surface area contributed by atoms with Gasteiger partial charge in [0.25, 0.3) is 0 Å². The number of aromatic nitrogens is 1. The minimum absolute atomic E-state index is 0.156. The van der Waals surface area contributed by atoms with Gasteiger partial charge in [0.2, 0.25) is 0 Å². The Bertz CT molecular complexity index is 932. The van der Waals surface area contributed by atoms with E-state index in [9.17, 15) is 9.18 Å². The first-order chi connectivity index (χ1) is 12.6. The molecule has 0 saturated carbocycles. The van der Waals surface area contributed by atoms with Gasteiger partial charge in [-0.1, -0.05) is 23.5 Å². The lowest BCUT2D eigenvalue weighted by Gasteiger charge is -2.34. The fourth-order valence-electron chi connectivity index (χ4n) is 3.05. The van der Waals surface area contributed by atoms with Crippen LogP contribution in [0.3, 0.4) is 0 Å². The minimum atomic E-state index is -0.317. The zero-order valence-corrected chi connectivity index (χ0v) is 15.2. The second kappa shape index (κ2) is 6.92. The van der Waals surface area contributed by atoms with Crippen molar-refractivity contribution in [2.45, 2.75) is 6.92 Å². The first-order valence-electron chi connectivity index (χ1n) is 8.53. The number of thiazole rings is 1. The summed E-state index contributed by atoms with van der Waals surface area (Å²) in [5.41, 5.74) is 2.84. The molecule has 1 fully saturated rings. The average Bonchev–Trinajstić information content (AvgIpc) is 3.09. The average molecular weight is 370 g/mol. The van der Waals surface area contributed by atoms with Crippen molar-refractivity contribution in [1.29, 1.82) is 0 Å². The third-order valence-corrected chi connectivity index (χ3v) is 5.62. The van der Waals surface area contributed by atoms with Crippen LogP contribution in [0.1, 0.15) is 5.56 Å². The molecule has 4 rings (SSSR count). The number of fused-ring (bicyclic) bond motifs is 1. The van der Waals surface area contributed by atoms with E-state index in [0.29, 0.717) is 18.8 Å². The Kier molecular flexibility index (Phi) is 4.46. The van der Waals surface area contributed by atoms with E-state index in [1.54, 1.807) is 28.4 Å². The summed E-state index contributed by atoms with van der Waals surface area (Å²) in [7, 11) is 0. The molecule has 0 spiro atoms. The second-order valence-corrected chi connectivity index (χ2v) is 7.34. The van der Waals surface area contributed by atoms with Crippen molar-refractivity contribution in [2.24, 2.45) is 0 Å². The Hall–Kier alpha value is -2.67. The number of piperazine rings is 1. The number of rotatable bonds is 2. The molecule has 5 nitrogen and oxygen atoms in total. The number of carbonyl (C=O) groups excluding carboxylic acids is 1. The highest BCUT2D eigenvalue weighted by Crippen LogP contribution is 2.31. The van der Waals surface area contributed by atoms with E-state index in [-0.39, 0.29) is 11.8 Å². The smallest absolute Gasteiger partial charge is 0.321 e. The molecule has 134 valence electrons. The topological polar surface area (TPSA) is 48.5 Å². The van der Waals surface area contributed by atoms with Crippen LogP contribution in [0.2, 0.25) is 0 Å². The molecule has 0 aliphatic carbocycles. The van der Waals surface area contributed by atoms with Gasteiger partial charge >= 0.3 is 6.03 Å². The van der Waals surface area contributed by atoms with Crippen molar-refractivity contribution in [1.82, 2.24) is 9.88 Å². The number of hydrogen-bond acceptors (Lipinski definition) is 4. The molecule has 1 aromatic heterocycles. The van der Waals surface area contributed by atoms with E-state index in [1.165, 1.54) is 22.4 Å². The van der Waals surface area contributed by atoms with Gasteiger partial charge in [0.05, 0.1) is 10.2 Å². The van der Waals surface area contributed by atoms with Gasteiger partial charge in [-0.25, -0.2) is 14.2 Å². The lowest BCUT2D eigenvalue weighted by atomic mass is 10.2. The number of urea groups is 1. The Morgan fingerprint density at radius 2 is 1.85 bits per heavy atom. The summed E-state index contributed by atoms with van der Waals surface area (Å²) in [6.45, 7) is 4.82. The molecule has 2 aromatic carbocycles. The first-order valence-corrected chi connectivity index (χ1v) is 9.34. The van der Waals surface area contributed by atoms with Crippen LogP contribution in [0.4, 0.5) is 20.0 Å². The maximum absolute atomic E-state index is 13.0. The van der Waals surface area contributed by atoms with Crippen molar-refractivity contribution in [2.75, 3.05) is 36.4 Å². The van der Waals surface area contributed by atoms with Gasteiger partial charge in [0.15, 0.2) is 5.13 Å². The van der Waals surface area contributed by atoms with Crippen molar-refractivity contribution < 1.29 is 9.18 Å². The molecule has 26 heavy (non-hydrogen) atoms. The second-order valence-electron chi connectivity index (χ2n) is 6.33. The molecule has 2 amide bonds. The lowest BCUT2D eigenvalue weighted by molar-refractivity contribution is 0.208. The molecule has 0 bridgehead atoms. The molecule has 0 unspecified atom stereocenters. The fourth-order valence-corrected chi connectivity index (χ4v) is 4.14. The summed E-state index contributed by atoms with van der Waals surface area (Å²) in [6.07, 6.45) is 0. The number of halogens is 1. The first kappa shape index (κ1) is 16.8. The molecule has 7 heteroatoms. The maximum Gasteiger partial charge on any atom is 0.321 e. The SMILES string of the molecule is Cc1cccc2sc(N3CCN(C(=O)Nc4ccc(F)cc4)CC3)nc12. The molecule has 1 N–H and O–H groups in total. The Labute approximate surface area is 155 Å². The molecular weight excluding hydrogens is 351 g/mol. The largest absolute Gasteiger partial charge is 0.345 e. The van der Waals surface area contributed by atoms with E-state index in [4.69, 9.17) is 4.98 Å². The number of anilines is 2. The number of para-hydroxylation sites is 1. The molecule has 0 atom stereocenters. The van der Waals surface area contributed by atoms with Crippen LogP contribution in [-0.4, -0.2) is 42.1 Å². The number of amides is 2. The Balaban J connectivity index is 1.39. The van der Waals surface area contributed by atoms with Gasteiger partial charge in [0, 0.05) is 31.9 Å². The highest BCUT2D eigenvalue weighted by Gasteiger charge is 2.23. The standard InChI is InChI=1S/C19H19FN4OS/c1-13-3-2-4-16-17(13)22-19(26-16)24-11-9-23(10-12-24)18(25)21-15-7-5-14(20)6-8-15/h2-8H,9-12H2,1H3,(H,21,25). The van der Waals surface area contributed by atoms with Crippen LogP contribution >= 0.6 is 11.3 Å². The van der Waals surface area contributed by atoms with Crippen molar-refractivity contribution in [3.05, 3.63) is 53.8 Å². The normalized spacial score (nSPS) is 14.7. The molecule has 1 saturated heterocycles. The highest BCUT2D eigenvalue weighted by atomic mass is 32.1. The van der Waals surface area contributed by atoms with E-state index < -0.39 is 0 Å². The van der Waals surface area contributed by atoms with Crippen molar-refractivity contribution in [3.8, 4) is 0 Å². The highest BCUT2D eigenvalue weighted by molar-refractivity contribution is 7.22. The van der Waals surface area contributed by atoms with Gasteiger partial charge in [-0.3, -0.25) is 0 Å². The summed E-state index contributed by atoms with van der Waals surface area (Å²) < 4.78 is 14.1. The minimum Gasteiger partial charge on any atom is -0.345 e. The molecule has 2 heterocycles. The van der Waals surface area contributed by atoms with Gasteiger partial charge in [-0.15, -0.1) is 0 Å².